The van der Waals surface area contributed by atoms with Crippen molar-refractivity contribution in [2.75, 3.05) is 4.90 Å². The number of carboxylic acids is 1. The Balaban J connectivity index is 1.30. The van der Waals surface area contributed by atoms with Crippen LogP contribution in [0.25, 0.3) is 22.3 Å². The van der Waals surface area contributed by atoms with Gasteiger partial charge >= 0.3 is 12.1 Å². The molecule has 2 amide bonds. The Bertz CT molecular complexity index is 1810. The van der Waals surface area contributed by atoms with Gasteiger partial charge in [0.05, 0.1) is 22.5 Å². The largest absolute Gasteiger partial charge is 0.478 e. The number of aryl methyl sites for hydroxylation is 1. The summed E-state index contributed by atoms with van der Waals surface area (Å²) < 4.78 is 40.8. The number of para-hydroxylation sites is 1. The molecule has 0 saturated carbocycles. The molecule has 5 rings (SSSR count). The lowest BCUT2D eigenvalue weighted by Gasteiger charge is -2.20. The number of aromatic carboxylic acids is 1. The molecule has 4 aromatic carbocycles. The molecule has 0 aliphatic heterocycles. The maximum atomic E-state index is 13.1. The minimum Gasteiger partial charge on any atom is -0.478 e. The van der Waals surface area contributed by atoms with Crippen molar-refractivity contribution in [1.29, 1.82) is 0 Å². The molecule has 0 spiro atoms. The molecular weight excluding hydrogens is 571 g/mol. The number of benzene rings is 4. The Morgan fingerprint density at radius 2 is 1.45 bits per heavy atom. The number of rotatable bonds is 9. The summed E-state index contributed by atoms with van der Waals surface area (Å²) in [5.41, 5.74) is 4.23. The molecule has 0 unspecified atom stereocenters. The average molecular weight is 598 g/mol. The molecular formula is C34H26F3N3O4. The van der Waals surface area contributed by atoms with Crippen LogP contribution in [0.2, 0.25) is 0 Å². The molecule has 0 aliphatic rings. The van der Waals surface area contributed by atoms with Crippen LogP contribution in [0.1, 0.15) is 32.0 Å². The van der Waals surface area contributed by atoms with Gasteiger partial charge in [0.2, 0.25) is 6.41 Å². The number of carbonyl (C=O) groups excluding carboxylic acids is 2. The Hall–Kier alpha value is -5.64. The lowest BCUT2D eigenvalue weighted by molar-refractivity contribution is -0.137. The zero-order valence-corrected chi connectivity index (χ0v) is 23.4. The molecule has 7 nitrogen and oxygen atoms in total. The third-order valence-electron chi connectivity index (χ3n) is 7.17. The highest BCUT2D eigenvalue weighted by molar-refractivity contribution is 5.98. The van der Waals surface area contributed by atoms with E-state index in [0.717, 1.165) is 28.8 Å². The van der Waals surface area contributed by atoms with E-state index in [0.29, 0.717) is 34.6 Å². The van der Waals surface area contributed by atoms with E-state index in [4.69, 9.17) is 5.11 Å². The zero-order chi connectivity index (χ0) is 31.4. The Labute approximate surface area is 250 Å². The summed E-state index contributed by atoms with van der Waals surface area (Å²) in [4.78, 5) is 37.8. The van der Waals surface area contributed by atoms with Crippen molar-refractivity contribution in [3.8, 4) is 22.3 Å². The minimum absolute atomic E-state index is 0.205. The van der Waals surface area contributed by atoms with Crippen LogP contribution in [0.3, 0.4) is 0 Å². The van der Waals surface area contributed by atoms with E-state index in [-0.39, 0.29) is 18.0 Å². The second-order valence-electron chi connectivity index (χ2n) is 10.0. The van der Waals surface area contributed by atoms with Crippen molar-refractivity contribution in [2.24, 2.45) is 7.05 Å². The maximum Gasteiger partial charge on any atom is 0.416 e. The summed E-state index contributed by atoms with van der Waals surface area (Å²) in [5, 5.41) is 12.0. The van der Waals surface area contributed by atoms with E-state index in [1.807, 2.05) is 24.3 Å². The minimum atomic E-state index is -4.46. The fourth-order valence-corrected chi connectivity index (χ4v) is 4.82. The number of hydrogen-bond donors (Lipinski definition) is 2. The van der Waals surface area contributed by atoms with Crippen molar-refractivity contribution in [2.45, 2.75) is 12.7 Å². The number of amides is 2. The summed E-state index contributed by atoms with van der Waals surface area (Å²) in [5.74, 6) is -1.36. The number of carboxylic acid groups (broad SMARTS) is 1. The topological polar surface area (TPSA) is 91.6 Å². The van der Waals surface area contributed by atoms with Crippen LogP contribution in [-0.4, -0.2) is 28.0 Å². The molecule has 44 heavy (non-hydrogen) atoms. The van der Waals surface area contributed by atoms with E-state index in [1.165, 1.54) is 17.0 Å². The molecule has 0 radical (unpaired) electrons. The Morgan fingerprint density at radius 3 is 2.05 bits per heavy atom. The van der Waals surface area contributed by atoms with Crippen LogP contribution in [0.4, 0.5) is 24.5 Å². The second kappa shape index (κ2) is 12.3. The van der Waals surface area contributed by atoms with Crippen molar-refractivity contribution in [1.82, 2.24) is 9.88 Å². The highest BCUT2D eigenvalue weighted by Crippen LogP contribution is 2.37. The number of halogens is 3. The van der Waals surface area contributed by atoms with Gasteiger partial charge in [0.15, 0.2) is 0 Å². The van der Waals surface area contributed by atoms with Crippen LogP contribution >= 0.6 is 0 Å². The van der Waals surface area contributed by atoms with Crippen molar-refractivity contribution < 1.29 is 32.7 Å². The zero-order valence-electron chi connectivity index (χ0n) is 23.4. The predicted molar refractivity (Wildman–Crippen MR) is 161 cm³/mol. The van der Waals surface area contributed by atoms with E-state index in [2.05, 4.69) is 5.32 Å². The number of nitrogens with one attached hydrogen (secondary N) is 1. The molecule has 0 saturated heterocycles. The summed E-state index contributed by atoms with van der Waals surface area (Å²) in [6, 6.07) is 27.1. The Kier molecular flexibility index (Phi) is 8.34. The van der Waals surface area contributed by atoms with Gasteiger partial charge in [0.25, 0.3) is 5.91 Å². The monoisotopic (exact) mass is 597 g/mol. The van der Waals surface area contributed by atoms with Gasteiger partial charge in [-0.2, -0.15) is 13.2 Å². The van der Waals surface area contributed by atoms with Gasteiger partial charge in [-0.25, -0.2) is 4.79 Å². The molecule has 10 heteroatoms. The normalized spacial score (nSPS) is 11.2. The highest BCUT2D eigenvalue weighted by Gasteiger charge is 2.30. The molecule has 5 aromatic rings. The molecule has 2 N–H and O–H groups in total. The van der Waals surface area contributed by atoms with Crippen LogP contribution in [0, 0.1) is 0 Å². The van der Waals surface area contributed by atoms with Crippen LogP contribution in [0.5, 0.6) is 0 Å². The third-order valence-corrected chi connectivity index (χ3v) is 7.17. The number of hydrogen-bond acceptors (Lipinski definition) is 3. The van der Waals surface area contributed by atoms with Gasteiger partial charge in [-0.1, -0.05) is 66.7 Å². The number of alkyl halides is 3. The fraction of sp³-hybridized carbons (Fsp3) is 0.0882. The van der Waals surface area contributed by atoms with E-state index < -0.39 is 17.7 Å². The van der Waals surface area contributed by atoms with E-state index in [9.17, 15) is 27.6 Å². The van der Waals surface area contributed by atoms with E-state index >= 15 is 0 Å². The highest BCUT2D eigenvalue weighted by atomic mass is 19.4. The summed E-state index contributed by atoms with van der Waals surface area (Å²) >= 11 is 0. The quantitative estimate of drug-likeness (QED) is 0.175. The Morgan fingerprint density at radius 1 is 0.864 bits per heavy atom. The number of nitrogens with zero attached hydrogens (tertiary/aromatic N) is 2. The number of carbonyl (C=O) groups is 3. The van der Waals surface area contributed by atoms with Gasteiger partial charge in [-0.05, 0) is 58.7 Å². The van der Waals surface area contributed by atoms with Crippen LogP contribution in [0.15, 0.2) is 109 Å². The van der Waals surface area contributed by atoms with Crippen molar-refractivity contribution >= 4 is 29.7 Å². The number of anilines is 2. The predicted octanol–water partition coefficient (Wildman–Crippen LogP) is 7.30. The fourth-order valence-electron chi connectivity index (χ4n) is 4.82. The van der Waals surface area contributed by atoms with E-state index in [1.54, 1.807) is 72.4 Å². The molecule has 0 aliphatic carbocycles. The molecule has 222 valence electrons. The molecule has 1 heterocycles. The first kappa shape index (κ1) is 29.8. The maximum absolute atomic E-state index is 13.1. The van der Waals surface area contributed by atoms with Crippen molar-refractivity contribution in [3.63, 3.8) is 0 Å². The van der Waals surface area contributed by atoms with Gasteiger partial charge in [0.1, 0.15) is 5.69 Å². The van der Waals surface area contributed by atoms with Crippen LogP contribution < -0.4 is 10.2 Å². The lowest BCUT2D eigenvalue weighted by Crippen LogP contribution is -2.24. The smallest absolute Gasteiger partial charge is 0.416 e. The second-order valence-corrected chi connectivity index (χ2v) is 10.0. The van der Waals surface area contributed by atoms with Gasteiger partial charge < -0.3 is 15.0 Å². The van der Waals surface area contributed by atoms with Gasteiger partial charge in [-0.3, -0.25) is 14.5 Å². The first-order chi connectivity index (χ1) is 21.0. The number of aromatic nitrogens is 1. The first-order valence-corrected chi connectivity index (χ1v) is 13.4. The van der Waals surface area contributed by atoms with Gasteiger partial charge in [-0.15, -0.1) is 0 Å². The van der Waals surface area contributed by atoms with Crippen molar-refractivity contribution in [3.05, 3.63) is 132 Å². The molecule has 0 atom stereocenters. The molecule has 0 fully saturated rings. The summed E-state index contributed by atoms with van der Waals surface area (Å²) in [6.45, 7) is 0.242. The SMILES string of the molecule is Cn1cc(N(C=O)c2ccccc2-c2ccc(C(F)(F)F)cc2)cc1C(=O)NCc1ccc(-c2ccc(C(=O)O)cc2)cc1. The summed E-state index contributed by atoms with van der Waals surface area (Å²) in [7, 11) is 1.67. The molecule has 0 bridgehead atoms. The van der Waals surface area contributed by atoms with Crippen LogP contribution in [-0.2, 0) is 24.6 Å². The standard InChI is InChI=1S/C34H26F3N3O4/c1-39-20-28(40(21-41)30-5-3-2-4-29(30)25-14-16-27(17-15-25)34(35,36)37)18-31(39)32(42)38-19-22-6-8-23(9-7-22)24-10-12-26(13-11-24)33(43)44/h2-18,20-21H,19H2,1H3,(H,38,42)(H,43,44). The first-order valence-electron chi connectivity index (χ1n) is 13.4. The summed E-state index contributed by atoms with van der Waals surface area (Å²) in [6.07, 6.45) is -2.25. The third kappa shape index (κ3) is 6.39. The average Bonchev–Trinajstić information content (AvgIpc) is 3.41. The lowest BCUT2D eigenvalue weighted by atomic mass is 10.0. The van der Waals surface area contributed by atoms with Gasteiger partial charge in [0, 0.05) is 25.4 Å². The molecule has 1 aromatic heterocycles.